The van der Waals surface area contributed by atoms with Crippen LogP contribution < -0.4 is 0 Å². The van der Waals surface area contributed by atoms with Crippen molar-refractivity contribution in [2.24, 2.45) is 5.92 Å². The minimum absolute atomic E-state index is 0.466. The average molecular weight is 240 g/mol. The van der Waals surface area contributed by atoms with Gasteiger partial charge in [0.2, 0.25) is 0 Å². The van der Waals surface area contributed by atoms with Gasteiger partial charge in [-0.05, 0) is 36.5 Å². The van der Waals surface area contributed by atoms with E-state index in [-0.39, 0.29) is 0 Å². The highest BCUT2D eigenvalue weighted by Crippen LogP contribution is 2.22. The Kier molecular flexibility index (Phi) is 4.14. The van der Waals surface area contributed by atoms with Crippen LogP contribution in [0.25, 0.3) is 0 Å². The molecule has 0 saturated carbocycles. The first-order valence-corrected chi connectivity index (χ1v) is 7.54. The number of benzene rings is 1. The molecular formula is C13H20O2S. The molecule has 1 aromatic carbocycles. The van der Waals surface area contributed by atoms with Crippen LogP contribution in [0.5, 0.6) is 0 Å². The summed E-state index contributed by atoms with van der Waals surface area (Å²) < 4.78 is 23.1. The molecule has 3 heteroatoms. The lowest BCUT2D eigenvalue weighted by molar-refractivity contribution is 0.557. The van der Waals surface area contributed by atoms with Crippen molar-refractivity contribution in [1.29, 1.82) is 0 Å². The Morgan fingerprint density at radius 3 is 2.44 bits per heavy atom. The molecule has 2 nitrogen and oxygen atoms in total. The fourth-order valence-electron chi connectivity index (χ4n) is 1.80. The molecule has 90 valence electrons. The third-order valence-corrected chi connectivity index (χ3v) is 4.30. The van der Waals surface area contributed by atoms with E-state index in [1.165, 1.54) is 6.26 Å². The third kappa shape index (κ3) is 3.08. The van der Waals surface area contributed by atoms with E-state index in [9.17, 15) is 8.42 Å². The molecule has 0 heterocycles. The molecule has 0 radical (unpaired) electrons. The molecule has 1 aromatic rings. The Morgan fingerprint density at radius 1 is 1.31 bits per heavy atom. The maximum Gasteiger partial charge on any atom is 0.175 e. The van der Waals surface area contributed by atoms with E-state index in [0.29, 0.717) is 10.8 Å². The van der Waals surface area contributed by atoms with Gasteiger partial charge in [-0.1, -0.05) is 32.4 Å². The molecule has 0 spiro atoms. The summed E-state index contributed by atoms with van der Waals surface area (Å²) in [7, 11) is -3.10. The number of sulfone groups is 1. The van der Waals surface area contributed by atoms with Gasteiger partial charge >= 0.3 is 0 Å². The van der Waals surface area contributed by atoms with Gasteiger partial charge < -0.3 is 0 Å². The van der Waals surface area contributed by atoms with Gasteiger partial charge in [-0.2, -0.15) is 0 Å². The smallest absolute Gasteiger partial charge is 0.175 e. The number of rotatable bonds is 4. The summed E-state index contributed by atoms with van der Waals surface area (Å²) in [6.07, 6.45) is 3.33. The summed E-state index contributed by atoms with van der Waals surface area (Å²) >= 11 is 0. The van der Waals surface area contributed by atoms with Crippen molar-refractivity contribution in [1.82, 2.24) is 0 Å². The van der Waals surface area contributed by atoms with Crippen LogP contribution in [-0.4, -0.2) is 14.7 Å². The predicted octanol–water partition coefficient (Wildman–Crippen LogP) is 2.99. The topological polar surface area (TPSA) is 34.1 Å². The maximum atomic E-state index is 11.6. The van der Waals surface area contributed by atoms with E-state index < -0.39 is 9.84 Å². The molecule has 1 atom stereocenters. The SMILES string of the molecule is CCC(C)Cc1cccc(S(C)(=O)=O)c1C. The van der Waals surface area contributed by atoms with Crippen molar-refractivity contribution in [2.45, 2.75) is 38.5 Å². The van der Waals surface area contributed by atoms with E-state index in [0.717, 1.165) is 24.0 Å². The summed E-state index contributed by atoms with van der Waals surface area (Å²) in [5, 5.41) is 0. The highest BCUT2D eigenvalue weighted by molar-refractivity contribution is 7.90. The first-order valence-electron chi connectivity index (χ1n) is 5.64. The number of hydrogen-bond acceptors (Lipinski definition) is 2. The lowest BCUT2D eigenvalue weighted by Crippen LogP contribution is -2.05. The lowest BCUT2D eigenvalue weighted by Gasteiger charge is -2.13. The quantitative estimate of drug-likeness (QED) is 0.810. The fourth-order valence-corrected chi connectivity index (χ4v) is 2.82. The van der Waals surface area contributed by atoms with Gasteiger partial charge in [0.05, 0.1) is 4.90 Å². The summed E-state index contributed by atoms with van der Waals surface area (Å²) in [6.45, 7) is 6.24. The fraction of sp³-hybridized carbons (Fsp3) is 0.538. The van der Waals surface area contributed by atoms with Crippen molar-refractivity contribution in [2.75, 3.05) is 6.26 Å². The third-order valence-electron chi connectivity index (χ3n) is 3.06. The highest BCUT2D eigenvalue weighted by atomic mass is 32.2. The molecule has 16 heavy (non-hydrogen) atoms. The van der Waals surface area contributed by atoms with Crippen LogP contribution in [-0.2, 0) is 16.3 Å². The van der Waals surface area contributed by atoms with Gasteiger partial charge in [0, 0.05) is 6.26 Å². The molecule has 0 aliphatic carbocycles. The zero-order chi connectivity index (χ0) is 12.3. The molecule has 0 aliphatic heterocycles. The molecule has 1 unspecified atom stereocenters. The Balaban J connectivity index is 3.15. The maximum absolute atomic E-state index is 11.6. The Labute approximate surface area is 98.6 Å². The first kappa shape index (κ1) is 13.2. The van der Waals surface area contributed by atoms with Crippen LogP contribution in [0, 0.1) is 12.8 Å². The summed E-state index contributed by atoms with van der Waals surface area (Å²) in [5.74, 6) is 0.591. The van der Waals surface area contributed by atoms with E-state index in [2.05, 4.69) is 13.8 Å². The zero-order valence-corrected chi connectivity index (χ0v) is 11.3. The predicted molar refractivity (Wildman–Crippen MR) is 67.4 cm³/mol. The van der Waals surface area contributed by atoms with Crippen LogP contribution in [0.15, 0.2) is 23.1 Å². The average Bonchev–Trinajstić information content (AvgIpc) is 2.19. The second kappa shape index (κ2) is 5.00. The molecule has 0 amide bonds. The lowest BCUT2D eigenvalue weighted by atomic mass is 9.96. The number of hydrogen-bond donors (Lipinski definition) is 0. The van der Waals surface area contributed by atoms with Crippen molar-refractivity contribution in [3.05, 3.63) is 29.3 Å². The molecule has 0 aliphatic rings. The molecule has 0 fully saturated rings. The van der Waals surface area contributed by atoms with Gasteiger partial charge in [-0.25, -0.2) is 8.42 Å². The molecule has 0 aromatic heterocycles. The Morgan fingerprint density at radius 2 is 1.94 bits per heavy atom. The summed E-state index contributed by atoms with van der Waals surface area (Å²) in [5.41, 5.74) is 2.06. The van der Waals surface area contributed by atoms with Crippen LogP contribution in [0.4, 0.5) is 0 Å². The first-order chi connectivity index (χ1) is 7.36. The van der Waals surface area contributed by atoms with Gasteiger partial charge in [-0.15, -0.1) is 0 Å². The highest BCUT2D eigenvalue weighted by Gasteiger charge is 2.13. The second-order valence-corrected chi connectivity index (χ2v) is 6.51. The van der Waals surface area contributed by atoms with Crippen molar-refractivity contribution < 1.29 is 8.42 Å². The molecule has 0 bridgehead atoms. The van der Waals surface area contributed by atoms with Crippen LogP contribution in [0.2, 0.25) is 0 Å². The van der Waals surface area contributed by atoms with E-state index in [1.807, 2.05) is 19.1 Å². The van der Waals surface area contributed by atoms with Crippen molar-refractivity contribution >= 4 is 9.84 Å². The largest absolute Gasteiger partial charge is 0.224 e. The van der Waals surface area contributed by atoms with E-state index in [4.69, 9.17) is 0 Å². The van der Waals surface area contributed by atoms with Crippen molar-refractivity contribution in [3.63, 3.8) is 0 Å². The standard InChI is InChI=1S/C13H20O2S/c1-5-10(2)9-12-7-6-8-13(11(12)3)16(4,14)15/h6-8,10H,5,9H2,1-4H3. The molecule has 1 rings (SSSR count). The van der Waals surface area contributed by atoms with Gasteiger partial charge in [0.1, 0.15) is 0 Å². The van der Waals surface area contributed by atoms with E-state index in [1.54, 1.807) is 6.07 Å². The van der Waals surface area contributed by atoms with Crippen LogP contribution in [0.1, 0.15) is 31.4 Å². The van der Waals surface area contributed by atoms with E-state index >= 15 is 0 Å². The van der Waals surface area contributed by atoms with Gasteiger partial charge in [0.15, 0.2) is 9.84 Å². The molecule has 0 saturated heterocycles. The minimum Gasteiger partial charge on any atom is -0.224 e. The van der Waals surface area contributed by atoms with Crippen molar-refractivity contribution in [3.8, 4) is 0 Å². The van der Waals surface area contributed by atoms with Gasteiger partial charge in [-0.3, -0.25) is 0 Å². The molecular weight excluding hydrogens is 220 g/mol. The zero-order valence-electron chi connectivity index (χ0n) is 10.4. The van der Waals surface area contributed by atoms with Crippen LogP contribution in [0.3, 0.4) is 0 Å². The minimum atomic E-state index is -3.10. The second-order valence-electron chi connectivity index (χ2n) is 4.53. The monoisotopic (exact) mass is 240 g/mol. The normalized spacial score (nSPS) is 13.8. The Hall–Kier alpha value is -0.830. The van der Waals surface area contributed by atoms with Crippen LogP contribution >= 0.6 is 0 Å². The Bertz CT molecular complexity index is 461. The summed E-state index contributed by atoms with van der Waals surface area (Å²) in [6, 6.07) is 5.54. The molecule has 0 N–H and O–H groups in total. The van der Waals surface area contributed by atoms with Gasteiger partial charge in [0.25, 0.3) is 0 Å². The summed E-state index contributed by atoms with van der Waals surface area (Å²) in [4.78, 5) is 0.466.